The largest absolute Gasteiger partial charge is 0.444 e. The van der Waals surface area contributed by atoms with E-state index in [1.165, 1.54) is 0 Å². The summed E-state index contributed by atoms with van der Waals surface area (Å²) in [6.45, 7) is 11.2. The lowest BCUT2D eigenvalue weighted by Crippen LogP contribution is -2.55. The number of nitrogens with one attached hydrogen (secondary N) is 1. The van der Waals surface area contributed by atoms with Gasteiger partial charge >= 0.3 is 12.1 Å². The lowest BCUT2D eigenvalue weighted by atomic mass is 9.85. The Morgan fingerprint density at radius 2 is 1.80 bits per heavy atom. The second-order valence-corrected chi connectivity index (χ2v) is 10.8. The number of hydrogen-bond donors (Lipinski definition) is 1. The molecule has 2 aromatic heterocycles. The molecular formula is C25H34N6O4. The molecule has 0 aromatic carbocycles. The van der Waals surface area contributed by atoms with Crippen LogP contribution in [0.1, 0.15) is 51.6 Å². The number of hydrogen-bond acceptors (Lipinski definition) is 6. The van der Waals surface area contributed by atoms with Gasteiger partial charge in [-0.25, -0.2) is 14.6 Å². The third-order valence-corrected chi connectivity index (χ3v) is 7.18. The first-order chi connectivity index (χ1) is 16.6. The quantitative estimate of drug-likeness (QED) is 0.722. The average Bonchev–Trinajstić information content (AvgIpc) is 3.07. The Morgan fingerprint density at radius 1 is 1.09 bits per heavy atom. The molecule has 35 heavy (non-hydrogen) atoms. The van der Waals surface area contributed by atoms with Gasteiger partial charge in [-0.2, -0.15) is 0 Å². The summed E-state index contributed by atoms with van der Waals surface area (Å²) in [4.78, 5) is 46.6. The van der Waals surface area contributed by atoms with E-state index in [2.05, 4.69) is 27.9 Å². The summed E-state index contributed by atoms with van der Waals surface area (Å²) in [7, 11) is 0. The number of imide groups is 1. The van der Waals surface area contributed by atoms with Crippen molar-refractivity contribution < 1.29 is 19.1 Å². The second kappa shape index (κ2) is 8.82. The molecule has 0 radical (unpaired) electrons. The van der Waals surface area contributed by atoms with E-state index in [0.29, 0.717) is 43.8 Å². The number of amides is 4. The monoisotopic (exact) mass is 482 g/mol. The number of carbonyl (C=O) groups excluding carboxylic acids is 3. The summed E-state index contributed by atoms with van der Waals surface area (Å²) in [5, 5.41) is 3.40. The van der Waals surface area contributed by atoms with E-state index in [9.17, 15) is 14.4 Å². The normalized spacial score (nSPS) is 23.9. The van der Waals surface area contributed by atoms with Gasteiger partial charge in [-0.3, -0.25) is 19.9 Å². The Hall–Kier alpha value is -3.14. The summed E-state index contributed by atoms with van der Waals surface area (Å²) in [6, 6.07) is 2.49. The van der Waals surface area contributed by atoms with Crippen LogP contribution in [0.4, 0.5) is 15.3 Å². The van der Waals surface area contributed by atoms with Gasteiger partial charge in [0.1, 0.15) is 11.2 Å². The first-order valence-corrected chi connectivity index (χ1v) is 12.4. The average molecular weight is 483 g/mol. The molecule has 188 valence electrons. The van der Waals surface area contributed by atoms with Crippen molar-refractivity contribution in [3.63, 3.8) is 0 Å². The van der Waals surface area contributed by atoms with Crippen LogP contribution in [0.25, 0.3) is 11.0 Å². The topological polar surface area (TPSA) is 100 Å². The number of urea groups is 1. The molecule has 0 spiro atoms. The van der Waals surface area contributed by atoms with Gasteiger partial charge < -0.3 is 14.2 Å². The van der Waals surface area contributed by atoms with Crippen LogP contribution in [0, 0.1) is 6.92 Å². The number of carbonyl (C=O) groups is 3. The molecule has 2 saturated heterocycles. The minimum Gasteiger partial charge on any atom is -0.444 e. The Labute approximate surface area is 205 Å². The van der Waals surface area contributed by atoms with Crippen LogP contribution >= 0.6 is 0 Å². The fourth-order valence-electron chi connectivity index (χ4n) is 5.20. The van der Waals surface area contributed by atoms with Crippen molar-refractivity contribution in [2.45, 2.75) is 64.6 Å². The molecule has 10 heteroatoms. The molecule has 10 nitrogen and oxygen atoms in total. The molecule has 0 bridgehead atoms. The molecule has 4 heterocycles. The van der Waals surface area contributed by atoms with Crippen LogP contribution in [0.15, 0.2) is 18.5 Å². The predicted molar refractivity (Wildman–Crippen MR) is 131 cm³/mol. The van der Waals surface area contributed by atoms with Gasteiger partial charge in [0, 0.05) is 62.8 Å². The highest BCUT2D eigenvalue weighted by Crippen LogP contribution is 2.39. The maximum absolute atomic E-state index is 12.3. The van der Waals surface area contributed by atoms with Gasteiger partial charge in [0.15, 0.2) is 0 Å². The Kier molecular flexibility index (Phi) is 5.94. The standard InChI is InChI=1S/C25H34N6O4/c1-16-15-31(22-20(16)13-19(14-26-22)30-6-5-21(32)27-23(30)33)18-11-17(12-18)28-7-9-29(10-8-28)24(34)35-25(2,3)4/h13-15,17-18H,5-12H2,1-4H3,(H,27,32,33). The number of aryl methyl sites for hydroxylation is 1. The highest BCUT2D eigenvalue weighted by atomic mass is 16.6. The smallest absolute Gasteiger partial charge is 0.410 e. The highest BCUT2D eigenvalue weighted by Gasteiger charge is 2.38. The SMILES string of the molecule is Cc1cn(C2CC(N3CCN(C(=O)OC(C)(C)C)CC3)C2)c2ncc(N3CCC(=O)NC3=O)cc12. The maximum Gasteiger partial charge on any atom is 0.410 e. The summed E-state index contributed by atoms with van der Waals surface area (Å²) in [5.41, 5.74) is 2.29. The van der Waals surface area contributed by atoms with Crippen molar-refractivity contribution in [3.05, 3.63) is 24.0 Å². The first kappa shape index (κ1) is 23.6. The number of anilines is 1. The van der Waals surface area contributed by atoms with Crippen LogP contribution in [-0.4, -0.2) is 81.7 Å². The van der Waals surface area contributed by atoms with E-state index in [4.69, 9.17) is 9.72 Å². The zero-order valence-corrected chi connectivity index (χ0v) is 20.9. The minimum absolute atomic E-state index is 0.225. The van der Waals surface area contributed by atoms with Crippen LogP contribution in [0.3, 0.4) is 0 Å². The van der Waals surface area contributed by atoms with E-state index >= 15 is 0 Å². The fraction of sp³-hybridized carbons (Fsp3) is 0.600. The van der Waals surface area contributed by atoms with E-state index < -0.39 is 11.6 Å². The molecule has 1 saturated carbocycles. The minimum atomic E-state index is -0.471. The number of rotatable bonds is 3. The zero-order valence-electron chi connectivity index (χ0n) is 20.9. The van der Waals surface area contributed by atoms with Gasteiger partial charge in [-0.15, -0.1) is 0 Å². The van der Waals surface area contributed by atoms with E-state index in [-0.39, 0.29) is 12.0 Å². The van der Waals surface area contributed by atoms with Crippen molar-refractivity contribution in [3.8, 4) is 0 Å². The fourth-order valence-corrected chi connectivity index (χ4v) is 5.20. The van der Waals surface area contributed by atoms with Crippen molar-refractivity contribution in [1.29, 1.82) is 0 Å². The van der Waals surface area contributed by atoms with Gasteiger partial charge in [-0.1, -0.05) is 0 Å². The Bertz CT molecular complexity index is 1150. The summed E-state index contributed by atoms with van der Waals surface area (Å²) >= 11 is 0. The Balaban J connectivity index is 1.20. The molecule has 3 fully saturated rings. The van der Waals surface area contributed by atoms with E-state index in [0.717, 1.165) is 42.5 Å². The van der Waals surface area contributed by atoms with Crippen molar-refractivity contribution in [1.82, 2.24) is 24.7 Å². The number of aromatic nitrogens is 2. The van der Waals surface area contributed by atoms with Gasteiger partial charge in [0.25, 0.3) is 0 Å². The molecule has 3 aliphatic rings. The van der Waals surface area contributed by atoms with Crippen molar-refractivity contribution in [2.24, 2.45) is 0 Å². The molecule has 1 aliphatic carbocycles. The number of nitrogens with zero attached hydrogens (tertiary/aromatic N) is 5. The van der Waals surface area contributed by atoms with Crippen molar-refractivity contribution >= 4 is 34.8 Å². The number of fused-ring (bicyclic) bond motifs is 1. The van der Waals surface area contributed by atoms with Crippen molar-refractivity contribution in [2.75, 3.05) is 37.6 Å². The Morgan fingerprint density at radius 3 is 2.46 bits per heavy atom. The van der Waals surface area contributed by atoms with Crippen LogP contribution in [0.5, 0.6) is 0 Å². The molecule has 2 aliphatic heterocycles. The number of pyridine rings is 1. The van der Waals surface area contributed by atoms with Crippen LogP contribution in [0.2, 0.25) is 0 Å². The van der Waals surface area contributed by atoms with E-state index in [1.807, 2.05) is 26.8 Å². The predicted octanol–water partition coefficient (Wildman–Crippen LogP) is 3.05. The maximum atomic E-state index is 12.3. The molecule has 1 N–H and O–H groups in total. The third-order valence-electron chi connectivity index (χ3n) is 7.18. The summed E-state index contributed by atoms with van der Waals surface area (Å²) in [5.74, 6) is -0.242. The first-order valence-electron chi connectivity index (χ1n) is 12.4. The molecular weight excluding hydrogens is 448 g/mol. The molecule has 4 amide bonds. The summed E-state index contributed by atoms with van der Waals surface area (Å²) in [6.07, 6.45) is 6.05. The van der Waals surface area contributed by atoms with Crippen LogP contribution < -0.4 is 10.2 Å². The third kappa shape index (κ3) is 4.71. The van der Waals surface area contributed by atoms with Gasteiger partial charge in [0.05, 0.1) is 11.9 Å². The molecule has 0 unspecified atom stereocenters. The number of ether oxygens (including phenoxy) is 1. The number of piperazine rings is 1. The lowest BCUT2D eigenvalue weighted by Gasteiger charge is -2.46. The summed E-state index contributed by atoms with van der Waals surface area (Å²) < 4.78 is 7.77. The van der Waals surface area contributed by atoms with Gasteiger partial charge in [-0.05, 0) is 52.2 Å². The lowest BCUT2D eigenvalue weighted by molar-refractivity contribution is -0.120. The molecule has 5 rings (SSSR count). The second-order valence-electron chi connectivity index (χ2n) is 10.8. The molecule has 2 aromatic rings. The zero-order chi connectivity index (χ0) is 24.9. The molecule has 0 atom stereocenters. The van der Waals surface area contributed by atoms with Gasteiger partial charge in [0.2, 0.25) is 5.91 Å². The van der Waals surface area contributed by atoms with Crippen LogP contribution in [-0.2, 0) is 9.53 Å². The van der Waals surface area contributed by atoms with E-state index in [1.54, 1.807) is 16.0 Å². The highest BCUT2D eigenvalue weighted by molar-refractivity contribution is 6.06.